The summed E-state index contributed by atoms with van der Waals surface area (Å²) in [7, 11) is 0. The van der Waals surface area contributed by atoms with Gasteiger partial charge in [0.2, 0.25) is 0 Å². The zero-order chi connectivity index (χ0) is 20.2. The van der Waals surface area contributed by atoms with Gasteiger partial charge in [-0.3, -0.25) is 4.79 Å². The number of nitrogens with zero attached hydrogens (tertiary/aromatic N) is 3. The Morgan fingerprint density at radius 1 is 0.793 bits per heavy atom. The van der Waals surface area contributed by atoms with E-state index in [1.165, 1.54) is 36.4 Å². The van der Waals surface area contributed by atoms with E-state index in [0.29, 0.717) is 11.3 Å². The molecule has 1 saturated heterocycles. The summed E-state index contributed by atoms with van der Waals surface area (Å²) in [5, 5.41) is 2.72. The number of piperazine rings is 1. The number of nitrogens with one attached hydrogen (secondary N) is 1. The smallest absolute Gasteiger partial charge is 0.257 e. The summed E-state index contributed by atoms with van der Waals surface area (Å²) in [6, 6.07) is 15.7. The third kappa shape index (κ3) is 4.51. The molecule has 0 bridgehead atoms. The first-order chi connectivity index (χ1) is 14.1. The molecule has 2 heterocycles. The molecule has 5 nitrogen and oxygen atoms in total. The van der Waals surface area contributed by atoms with Gasteiger partial charge in [0.05, 0.1) is 5.56 Å². The van der Waals surface area contributed by atoms with Gasteiger partial charge in [0.15, 0.2) is 0 Å². The molecule has 0 radical (unpaired) electrons. The predicted octanol–water partition coefficient (Wildman–Crippen LogP) is 3.94. The molecule has 1 N–H and O–H groups in total. The van der Waals surface area contributed by atoms with Crippen molar-refractivity contribution < 1.29 is 13.6 Å². The number of rotatable bonds is 4. The first-order valence-corrected chi connectivity index (χ1v) is 9.37. The lowest BCUT2D eigenvalue weighted by Crippen LogP contribution is -2.46. The summed E-state index contributed by atoms with van der Waals surface area (Å²) >= 11 is 0. The van der Waals surface area contributed by atoms with Gasteiger partial charge in [-0.1, -0.05) is 0 Å². The fourth-order valence-electron chi connectivity index (χ4n) is 3.29. The summed E-state index contributed by atoms with van der Waals surface area (Å²) in [5.74, 6) is -0.0763. The molecule has 1 aliphatic heterocycles. The molecule has 0 spiro atoms. The van der Waals surface area contributed by atoms with Gasteiger partial charge in [0, 0.05) is 43.8 Å². The molecule has 0 unspecified atom stereocenters. The van der Waals surface area contributed by atoms with E-state index in [0.717, 1.165) is 37.7 Å². The van der Waals surface area contributed by atoms with Gasteiger partial charge in [-0.2, -0.15) is 0 Å². The molecule has 148 valence electrons. The van der Waals surface area contributed by atoms with Gasteiger partial charge >= 0.3 is 0 Å². The van der Waals surface area contributed by atoms with E-state index in [1.807, 2.05) is 6.07 Å². The summed E-state index contributed by atoms with van der Waals surface area (Å²) in [6.45, 7) is 3.18. The molecule has 4 rings (SSSR count). The quantitative estimate of drug-likeness (QED) is 0.728. The first-order valence-electron chi connectivity index (χ1n) is 9.37. The number of pyridine rings is 1. The Balaban J connectivity index is 1.35. The van der Waals surface area contributed by atoms with Crippen molar-refractivity contribution in [3.63, 3.8) is 0 Å². The number of amides is 1. The van der Waals surface area contributed by atoms with Crippen LogP contribution in [0.3, 0.4) is 0 Å². The maximum Gasteiger partial charge on any atom is 0.257 e. The van der Waals surface area contributed by atoms with Crippen LogP contribution in [-0.2, 0) is 0 Å². The van der Waals surface area contributed by atoms with Crippen molar-refractivity contribution in [3.8, 4) is 0 Å². The molecular weight excluding hydrogens is 374 g/mol. The maximum atomic E-state index is 13.1. The second kappa shape index (κ2) is 8.26. The summed E-state index contributed by atoms with van der Waals surface area (Å²) in [4.78, 5) is 21.1. The van der Waals surface area contributed by atoms with Crippen molar-refractivity contribution >= 4 is 23.1 Å². The molecule has 1 aromatic heterocycles. The normalized spacial score (nSPS) is 14.0. The van der Waals surface area contributed by atoms with Gasteiger partial charge < -0.3 is 15.1 Å². The number of hydrogen-bond acceptors (Lipinski definition) is 4. The Kier molecular flexibility index (Phi) is 5.37. The van der Waals surface area contributed by atoms with E-state index < -0.39 is 0 Å². The van der Waals surface area contributed by atoms with Crippen molar-refractivity contribution in [3.05, 3.63) is 84.1 Å². The van der Waals surface area contributed by atoms with E-state index >= 15 is 0 Å². The number of halogens is 2. The van der Waals surface area contributed by atoms with E-state index in [2.05, 4.69) is 20.1 Å². The molecule has 1 fully saturated rings. The number of carbonyl (C=O) groups excluding carboxylic acids is 1. The number of carbonyl (C=O) groups is 1. The average Bonchev–Trinajstić information content (AvgIpc) is 2.76. The second-order valence-corrected chi connectivity index (χ2v) is 6.82. The minimum atomic E-state index is -0.353. The largest absolute Gasteiger partial charge is 0.368 e. The van der Waals surface area contributed by atoms with Crippen LogP contribution in [0.2, 0.25) is 0 Å². The Morgan fingerprint density at radius 2 is 1.38 bits per heavy atom. The number of anilines is 3. The minimum absolute atomic E-state index is 0.236. The first kappa shape index (κ1) is 18.9. The van der Waals surface area contributed by atoms with Gasteiger partial charge in [0.25, 0.3) is 5.91 Å². The molecule has 2 aromatic carbocycles. The lowest BCUT2D eigenvalue weighted by molar-refractivity contribution is 0.102. The van der Waals surface area contributed by atoms with Crippen molar-refractivity contribution in [2.24, 2.45) is 0 Å². The molecule has 1 aliphatic rings. The highest BCUT2D eigenvalue weighted by Gasteiger charge is 2.19. The Bertz CT molecular complexity index is 967. The third-order valence-corrected chi connectivity index (χ3v) is 4.91. The van der Waals surface area contributed by atoms with E-state index in [1.54, 1.807) is 24.4 Å². The predicted molar refractivity (Wildman–Crippen MR) is 109 cm³/mol. The van der Waals surface area contributed by atoms with Crippen LogP contribution >= 0.6 is 0 Å². The second-order valence-electron chi connectivity index (χ2n) is 6.82. The average molecular weight is 394 g/mol. The van der Waals surface area contributed by atoms with Gasteiger partial charge in [-0.25, -0.2) is 13.8 Å². The highest BCUT2D eigenvalue weighted by molar-refractivity contribution is 6.04. The Hall–Kier alpha value is -3.48. The van der Waals surface area contributed by atoms with E-state index in [4.69, 9.17) is 0 Å². The van der Waals surface area contributed by atoms with Crippen LogP contribution in [0.5, 0.6) is 0 Å². The van der Waals surface area contributed by atoms with Crippen LogP contribution in [0, 0.1) is 11.6 Å². The van der Waals surface area contributed by atoms with Crippen molar-refractivity contribution in [2.75, 3.05) is 41.3 Å². The third-order valence-electron chi connectivity index (χ3n) is 4.91. The fourth-order valence-corrected chi connectivity index (χ4v) is 3.29. The number of benzene rings is 2. The summed E-state index contributed by atoms with van der Waals surface area (Å²) in [5.41, 5.74) is 1.97. The van der Waals surface area contributed by atoms with Crippen LogP contribution in [0.25, 0.3) is 0 Å². The molecule has 29 heavy (non-hydrogen) atoms. The number of hydrogen-bond donors (Lipinski definition) is 1. The topological polar surface area (TPSA) is 48.5 Å². The zero-order valence-electron chi connectivity index (χ0n) is 15.7. The van der Waals surface area contributed by atoms with Crippen LogP contribution in [-0.4, -0.2) is 37.1 Å². The van der Waals surface area contributed by atoms with Gasteiger partial charge in [0.1, 0.15) is 17.5 Å². The SMILES string of the molecule is O=C(Nc1ccc(F)cc1)c1ccc(N2CCN(c3ccc(F)cc3)CC2)nc1. The Morgan fingerprint density at radius 3 is 1.97 bits per heavy atom. The fraction of sp³-hybridized carbons (Fsp3) is 0.182. The van der Waals surface area contributed by atoms with Gasteiger partial charge in [-0.15, -0.1) is 0 Å². The van der Waals surface area contributed by atoms with Crippen LogP contribution in [0.15, 0.2) is 66.9 Å². The van der Waals surface area contributed by atoms with Crippen molar-refractivity contribution in [1.29, 1.82) is 0 Å². The number of aromatic nitrogens is 1. The standard InChI is InChI=1S/C22H20F2N4O/c23-17-2-6-19(7-3-17)26-22(29)16-1-10-21(25-15-16)28-13-11-27(12-14-28)20-8-4-18(24)5-9-20/h1-10,15H,11-14H2,(H,26,29). The van der Waals surface area contributed by atoms with Crippen LogP contribution < -0.4 is 15.1 Å². The van der Waals surface area contributed by atoms with Crippen LogP contribution in [0.1, 0.15) is 10.4 Å². The molecule has 0 aliphatic carbocycles. The molecule has 1 amide bonds. The van der Waals surface area contributed by atoms with Crippen LogP contribution in [0.4, 0.5) is 26.0 Å². The van der Waals surface area contributed by atoms with E-state index in [-0.39, 0.29) is 17.5 Å². The highest BCUT2D eigenvalue weighted by Crippen LogP contribution is 2.20. The molecule has 0 saturated carbocycles. The Labute approximate surface area is 167 Å². The summed E-state index contributed by atoms with van der Waals surface area (Å²) < 4.78 is 26.0. The summed E-state index contributed by atoms with van der Waals surface area (Å²) in [6.07, 6.45) is 1.54. The molecular formula is C22H20F2N4O. The maximum absolute atomic E-state index is 13.1. The molecule has 7 heteroatoms. The lowest BCUT2D eigenvalue weighted by Gasteiger charge is -2.36. The molecule has 0 atom stereocenters. The lowest BCUT2D eigenvalue weighted by atomic mass is 10.2. The molecule has 3 aromatic rings. The van der Waals surface area contributed by atoms with Crippen molar-refractivity contribution in [2.45, 2.75) is 0 Å². The monoisotopic (exact) mass is 394 g/mol. The minimum Gasteiger partial charge on any atom is -0.368 e. The zero-order valence-corrected chi connectivity index (χ0v) is 15.7. The van der Waals surface area contributed by atoms with E-state index in [9.17, 15) is 13.6 Å². The van der Waals surface area contributed by atoms with Gasteiger partial charge in [-0.05, 0) is 60.7 Å². The van der Waals surface area contributed by atoms with Crippen molar-refractivity contribution in [1.82, 2.24) is 4.98 Å². The highest BCUT2D eigenvalue weighted by atomic mass is 19.1.